The van der Waals surface area contributed by atoms with Crippen molar-refractivity contribution in [3.8, 4) is 0 Å². The average molecular weight is 256 g/mol. The largest absolute Gasteiger partial charge is 0.445 e. The molecular weight excluding hydrogens is 240 g/mol. The molecule has 0 bridgehead atoms. The van der Waals surface area contributed by atoms with Gasteiger partial charge in [-0.25, -0.2) is 4.79 Å². The fraction of sp³-hybridized carbons (Fsp3) is 0.200. The van der Waals surface area contributed by atoms with Crippen molar-refractivity contribution >= 4 is 6.09 Å². The lowest BCUT2D eigenvalue weighted by Gasteiger charge is -2.11. The molecule has 1 atom stereocenters. The van der Waals surface area contributed by atoms with Gasteiger partial charge in [-0.3, -0.25) is 4.98 Å². The Hall–Kier alpha value is -2.36. The van der Waals surface area contributed by atoms with E-state index in [2.05, 4.69) is 10.3 Å². The summed E-state index contributed by atoms with van der Waals surface area (Å²) in [4.78, 5) is 15.6. The lowest BCUT2D eigenvalue weighted by molar-refractivity contribution is 0.139. The van der Waals surface area contributed by atoms with E-state index in [1.807, 2.05) is 49.4 Å². The van der Waals surface area contributed by atoms with Crippen LogP contribution in [-0.2, 0) is 11.3 Å². The molecule has 1 unspecified atom stereocenters. The molecule has 1 heterocycles. The molecule has 0 aliphatic heterocycles. The first-order chi connectivity index (χ1) is 9.24. The van der Waals surface area contributed by atoms with Gasteiger partial charge in [-0.2, -0.15) is 0 Å². The first kappa shape index (κ1) is 13.1. The molecule has 1 aromatic rings. The topological polar surface area (TPSA) is 51.2 Å². The van der Waals surface area contributed by atoms with Crippen LogP contribution >= 0.6 is 0 Å². The van der Waals surface area contributed by atoms with Crippen LogP contribution < -0.4 is 5.32 Å². The minimum absolute atomic E-state index is 0.143. The summed E-state index contributed by atoms with van der Waals surface area (Å²) in [5.74, 6) is 0. The Balaban J connectivity index is 1.81. The molecule has 98 valence electrons. The van der Waals surface area contributed by atoms with Gasteiger partial charge in [0.2, 0.25) is 0 Å². The minimum atomic E-state index is -0.442. The van der Waals surface area contributed by atoms with Gasteiger partial charge in [-0.15, -0.1) is 0 Å². The highest BCUT2D eigenvalue weighted by atomic mass is 16.5. The highest BCUT2D eigenvalue weighted by Gasteiger charge is 2.08. The van der Waals surface area contributed by atoms with E-state index in [-0.39, 0.29) is 12.6 Å². The summed E-state index contributed by atoms with van der Waals surface area (Å²) in [7, 11) is 0. The van der Waals surface area contributed by atoms with Crippen LogP contribution in [0.5, 0.6) is 0 Å². The summed E-state index contributed by atoms with van der Waals surface area (Å²) in [6.45, 7) is 2.22. The third-order valence-corrected chi connectivity index (χ3v) is 2.62. The first-order valence-corrected chi connectivity index (χ1v) is 6.09. The van der Waals surface area contributed by atoms with Crippen molar-refractivity contribution in [1.82, 2.24) is 10.3 Å². The summed E-state index contributed by atoms with van der Waals surface area (Å²) >= 11 is 0. The lowest BCUT2D eigenvalue weighted by atomic mass is 10.2. The number of pyridine rings is 1. The summed E-state index contributed by atoms with van der Waals surface area (Å²) in [6.07, 6.45) is 12.6. The van der Waals surface area contributed by atoms with Crippen molar-refractivity contribution < 1.29 is 9.53 Å². The fourth-order valence-electron chi connectivity index (χ4n) is 1.61. The van der Waals surface area contributed by atoms with Crippen molar-refractivity contribution in [2.45, 2.75) is 19.6 Å². The smallest absolute Gasteiger partial charge is 0.408 e. The van der Waals surface area contributed by atoms with Crippen LogP contribution in [-0.4, -0.2) is 17.1 Å². The maximum Gasteiger partial charge on any atom is 0.408 e. The predicted molar refractivity (Wildman–Crippen MR) is 73.4 cm³/mol. The molecule has 0 saturated heterocycles. The Bertz CT molecular complexity index is 518. The number of hydrogen-bond acceptors (Lipinski definition) is 3. The van der Waals surface area contributed by atoms with Crippen LogP contribution in [0.4, 0.5) is 4.79 Å². The number of hydrogen-bond donors (Lipinski definition) is 1. The van der Waals surface area contributed by atoms with E-state index in [0.717, 1.165) is 11.1 Å². The molecule has 1 aliphatic rings. The zero-order valence-electron chi connectivity index (χ0n) is 10.7. The first-order valence-electron chi connectivity index (χ1n) is 6.09. The van der Waals surface area contributed by atoms with Crippen molar-refractivity contribution in [3.05, 3.63) is 66.0 Å². The Kier molecular flexibility index (Phi) is 4.50. The van der Waals surface area contributed by atoms with Gasteiger partial charge in [-0.05, 0) is 13.0 Å². The van der Waals surface area contributed by atoms with Crippen LogP contribution in [0, 0.1) is 0 Å². The normalized spacial score (nSPS) is 17.5. The van der Waals surface area contributed by atoms with Crippen LogP contribution in [0.25, 0.3) is 0 Å². The summed E-state index contributed by atoms with van der Waals surface area (Å²) in [6, 6.07) is 3.52. The lowest BCUT2D eigenvalue weighted by Crippen LogP contribution is -2.32. The Morgan fingerprint density at radius 1 is 1.47 bits per heavy atom. The molecule has 0 spiro atoms. The van der Waals surface area contributed by atoms with Crippen LogP contribution in [0.1, 0.15) is 12.5 Å². The van der Waals surface area contributed by atoms with Crippen molar-refractivity contribution in [3.63, 3.8) is 0 Å². The van der Waals surface area contributed by atoms with Gasteiger partial charge in [0, 0.05) is 18.0 Å². The molecule has 0 fully saturated rings. The summed E-state index contributed by atoms with van der Waals surface area (Å²) < 4.78 is 5.12. The number of aromatic nitrogens is 1. The second-order valence-electron chi connectivity index (χ2n) is 4.26. The maximum absolute atomic E-state index is 11.6. The number of carbonyl (C=O) groups excluding carboxylic acids is 1. The Morgan fingerprint density at radius 2 is 2.37 bits per heavy atom. The SMILES string of the molecule is CC1=CC=CC(NC(=O)OCc2cccnc2)C=C1. The minimum Gasteiger partial charge on any atom is -0.445 e. The molecule has 1 amide bonds. The standard InChI is InChI=1S/C15H16N2O2/c1-12-4-2-6-14(8-7-12)17-15(18)19-11-13-5-3-9-16-10-13/h2-10,14H,11H2,1H3,(H,17,18). The summed E-state index contributed by atoms with van der Waals surface area (Å²) in [5.41, 5.74) is 2.01. The number of allylic oxidation sites excluding steroid dienone is 4. The molecule has 19 heavy (non-hydrogen) atoms. The number of carbonyl (C=O) groups is 1. The van der Waals surface area contributed by atoms with Crippen molar-refractivity contribution in [1.29, 1.82) is 0 Å². The second kappa shape index (κ2) is 6.54. The third-order valence-electron chi connectivity index (χ3n) is 2.62. The predicted octanol–water partition coefficient (Wildman–Crippen LogP) is 2.75. The van der Waals surface area contributed by atoms with Gasteiger partial charge in [0.25, 0.3) is 0 Å². The van der Waals surface area contributed by atoms with Crippen LogP contribution in [0.2, 0.25) is 0 Å². The van der Waals surface area contributed by atoms with Gasteiger partial charge in [0.15, 0.2) is 0 Å². The zero-order chi connectivity index (χ0) is 13.5. The molecular formula is C15H16N2O2. The van der Waals surface area contributed by atoms with Gasteiger partial charge in [0.05, 0.1) is 6.04 Å². The molecule has 4 nitrogen and oxygen atoms in total. The number of amides is 1. The molecule has 1 aliphatic carbocycles. The number of nitrogens with one attached hydrogen (secondary N) is 1. The molecule has 0 saturated carbocycles. The number of ether oxygens (including phenoxy) is 1. The van der Waals surface area contributed by atoms with E-state index >= 15 is 0 Å². The summed E-state index contributed by atoms with van der Waals surface area (Å²) in [5, 5.41) is 2.76. The zero-order valence-corrected chi connectivity index (χ0v) is 10.7. The maximum atomic E-state index is 11.6. The highest BCUT2D eigenvalue weighted by molar-refractivity contribution is 5.68. The molecule has 0 radical (unpaired) electrons. The third kappa shape index (κ3) is 4.43. The highest BCUT2D eigenvalue weighted by Crippen LogP contribution is 2.04. The van der Waals surface area contributed by atoms with Crippen LogP contribution in [0.3, 0.4) is 0 Å². The monoisotopic (exact) mass is 256 g/mol. The van der Waals surface area contributed by atoms with Gasteiger partial charge in [-0.1, -0.05) is 42.0 Å². The van der Waals surface area contributed by atoms with Crippen LogP contribution in [0.15, 0.2) is 60.5 Å². The number of nitrogens with zero attached hydrogens (tertiary/aromatic N) is 1. The van der Waals surface area contributed by atoms with E-state index in [9.17, 15) is 4.79 Å². The molecule has 0 aromatic carbocycles. The average Bonchev–Trinajstić information content (AvgIpc) is 2.63. The van der Waals surface area contributed by atoms with Gasteiger partial charge >= 0.3 is 6.09 Å². The van der Waals surface area contributed by atoms with Crippen molar-refractivity contribution in [2.75, 3.05) is 0 Å². The Morgan fingerprint density at radius 3 is 3.16 bits per heavy atom. The van der Waals surface area contributed by atoms with E-state index in [1.165, 1.54) is 0 Å². The van der Waals surface area contributed by atoms with Crippen molar-refractivity contribution in [2.24, 2.45) is 0 Å². The van der Waals surface area contributed by atoms with Gasteiger partial charge < -0.3 is 10.1 Å². The number of alkyl carbamates (subject to hydrolysis) is 1. The second-order valence-corrected chi connectivity index (χ2v) is 4.26. The Labute approximate surface area is 112 Å². The molecule has 1 aromatic heterocycles. The van der Waals surface area contributed by atoms with E-state index in [0.29, 0.717) is 0 Å². The molecule has 4 heteroatoms. The quantitative estimate of drug-likeness (QED) is 0.904. The van der Waals surface area contributed by atoms with E-state index in [4.69, 9.17) is 4.74 Å². The van der Waals surface area contributed by atoms with Gasteiger partial charge in [0.1, 0.15) is 6.61 Å². The molecule has 1 N–H and O–H groups in total. The number of rotatable bonds is 3. The van der Waals surface area contributed by atoms with E-state index < -0.39 is 6.09 Å². The van der Waals surface area contributed by atoms with E-state index in [1.54, 1.807) is 12.4 Å². The molecule has 2 rings (SSSR count). The fourth-order valence-corrected chi connectivity index (χ4v) is 1.61.